The molecule has 20 heavy (non-hydrogen) atoms. The Morgan fingerprint density at radius 1 is 1.10 bits per heavy atom. The third kappa shape index (κ3) is 2.35. The zero-order valence-corrected chi connectivity index (χ0v) is 11.8. The van der Waals surface area contributed by atoms with Gasteiger partial charge in [0.1, 0.15) is 5.82 Å². The van der Waals surface area contributed by atoms with Crippen molar-refractivity contribution in [2.75, 3.05) is 0 Å². The molecule has 0 saturated carbocycles. The lowest BCUT2D eigenvalue weighted by atomic mass is 10.1. The summed E-state index contributed by atoms with van der Waals surface area (Å²) in [5.74, 6) is 1.01. The molecule has 3 heteroatoms. The summed E-state index contributed by atoms with van der Waals surface area (Å²) in [4.78, 5) is 4.72. The molecule has 3 aromatic rings. The van der Waals surface area contributed by atoms with Gasteiger partial charge < -0.3 is 4.57 Å². The van der Waals surface area contributed by atoms with Crippen LogP contribution in [-0.2, 0) is 13.0 Å². The van der Waals surface area contributed by atoms with Crippen LogP contribution in [0.15, 0.2) is 61.2 Å². The van der Waals surface area contributed by atoms with Gasteiger partial charge in [0.2, 0.25) is 0 Å². The molecular formula is C17H15ClN2. The van der Waals surface area contributed by atoms with E-state index in [9.17, 15) is 0 Å². The van der Waals surface area contributed by atoms with Crippen molar-refractivity contribution in [2.45, 2.75) is 13.0 Å². The van der Waals surface area contributed by atoms with E-state index in [-0.39, 0.29) is 0 Å². The van der Waals surface area contributed by atoms with Crippen LogP contribution in [-0.4, -0.2) is 9.55 Å². The minimum Gasteiger partial charge on any atom is -0.324 e. The van der Waals surface area contributed by atoms with Crippen LogP contribution in [0.2, 0.25) is 5.02 Å². The monoisotopic (exact) mass is 282 g/mol. The molecule has 0 saturated heterocycles. The molecule has 0 atom stereocenters. The van der Waals surface area contributed by atoms with E-state index >= 15 is 0 Å². The minimum atomic E-state index is 0.724. The zero-order chi connectivity index (χ0) is 13.9. The van der Waals surface area contributed by atoms with E-state index in [4.69, 9.17) is 16.6 Å². The van der Waals surface area contributed by atoms with E-state index in [2.05, 4.69) is 17.2 Å². The first-order valence-electron chi connectivity index (χ1n) is 6.58. The Bertz CT molecular complexity index is 759. The maximum Gasteiger partial charge on any atom is 0.114 e. The highest BCUT2D eigenvalue weighted by molar-refractivity contribution is 6.31. The number of hydrogen-bond acceptors (Lipinski definition) is 1. The molecule has 2 aromatic carbocycles. The Morgan fingerprint density at radius 3 is 2.65 bits per heavy atom. The van der Waals surface area contributed by atoms with Gasteiger partial charge in [0, 0.05) is 18.0 Å². The molecule has 0 aliphatic carbocycles. The van der Waals surface area contributed by atoms with E-state index < -0.39 is 0 Å². The van der Waals surface area contributed by atoms with Gasteiger partial charge >= 0.3 is 0 Å². The number of imidazole rings is 1. The van der Waals surface area contributed by atoms with Gasteiger partial charge in [-0.25, -0.2) is 4.98 Å². The Morgan fingerprint density at radius 2 is 1.85 bits per heavy atom. The number of hydrogen-bond donors (Lipinski definition) is 0. The number of para-hydroxylation sites is 2. The van der Waals surface area contributed by atoms with Crippen molar-refractivity contribution in [2.24, 2.45) is 0 Å². The van der Waals surface area contributed by atoms with Crippen molar-refractivity contribution in [3.63, 3.8) is 0 Å². The summed E-state index contributed by atoms with van der Waals surface area (Å²) < 4.78 is 2.19. The molecule has 100 valence electrons. The van der Waals surface area contributed by atoms with E-state index in [1.807, 2.05) is 48.5 Å². The van der Waals surface area contributed by atoms with Gasteiger partial charge in [0.15, 0.2) is 0 Å². The van der Waals surface area contributed by atoms with Gasteiger partial charge in [-0.05, 0) is 23.8 Å². The molecule has 1 aromatic heterocycles. The Kier molecular flexibility index (Phi) is 3.57. The first-order chi connectivity index (χ1) is 9.79. The highest BCUT2D eigenvalue weighted by atomic mass is 35.5. The summed E-state index contributed by atoms with van der Waals surface area (Å²) in [6.07, 6.45) is 2.62. The number of aromatic nitrogens is 2. The number of nitrogens with zero attached hydrogens (tertiary/aromatic N) is 2. The molecule has 2 nitrogen and oxygen atoms in total. The first-order valence-corrected chi connectivity index (χ1v) is 6.96. The average Bonchev–Trinajstić information content (AvgIpc) is 2.80. The quantitative estimate of drug-likeness (QED) is 0.646. The average molecular weight is 283 g/mol. The van der Waals surface area contributed by atoms with Gasteiger partial charge in [0.05, 0.1) is 11.0 Å². The van der Waals surface area contributed by atoms with Crippen LogP contribution in [0.4, 0.5) is 0 Å². The zero-order valence-electron chi connectivity index (χ0n) is 11.1. The second-order valence-electron chi connectivity index (χ2n) is 4.68. The Balaban J connectivity index is 2.09. The normalized spacial score (nSPS) is 10.8. The van der Waals surface area contributed by atoms with Gasteiger partial charge in [0.25, 0.3) is 0 Å². The van der Waals surface area contributed by atoms with E-state index in [1.54, 1.807) is 0 Å². The van der Waals surface area contributed by atoms with Gasteiger partial charge in [-0.3, -0.25) is 0 Å². The summed E-state index contributed by atoms with van der Waals surface area (Å²) in [5, 5.41) is 0.782. The summed E-state index contributed by atoms with van der Waals surface area (Å²) in [7, 11) is 0. The number of benzene rings is 2. The summed E-state index contributed by atoms with van der Waals surface area (Å²) in [6.45, 7) is 4.58. The molecule has 0 aliphatic rings. The van der Waals surface area contributed by atoms with Crippen LogP contribution < -0.4 is 0 Å². The van der Waals surface area contributed by atoms with Crippen LogP contribution in [0.3, 0.4) is 0 Å². The smallest absolute Gasteiger partial charge is 0.114 e. The summed E-state index contributed by atoms with van der Waals surface area (Å²) in [6, 6.07) is 16.1. The van der Waals surface area contributed by atoms with Crippen LogP contribution in [0.5, 0.6) is 0 Å². The van der Waals surface area contributed by atoms with E-state index in [0.717, 1.165) is 40.4 Å². The number of allylic oxidation sites excluding steroid dienone is 1. The summed E-state index contributed by atoms with van der Waals surface area (Å²) >= 11 is 6.25. The minimum absolute atomic E-state index is 0.724. The number of fused-ring (bicyclic) bond motifs is 1. The highest BCUT2D eigenvalue weighted by Crippen LogP contribution is 2.22. The molecule has 0 amide bonds. The topological polar surface area (TPSA) is 17.8 Å². The fraction of sp³-hybridized carbons (Fsp3) is 0.118. The third-order valence-corrected chi connectivity index (χ3v) is 3.72. The first kappa shape index (κ1) is 12.9. The van der Waals surface area contributed by atoms with Crippen molar-refractivity contribution in [1.29, 1.82) is 0 Å². The molecule has 0 fully saturated rings. The van der Waals surface area contributed by atoms with Crippen LogP contribution in [0.25, 0.3) is 11.0 Å². The van der Waals surface area contributed by atoms with Crippen molar-refractivity contribution in [3.05, 3.63) is 77.6 Å². The van der Waals surface area contributed by atoms with Crippen molar-refractivity contribution >= 4 is 22.6 Å². The standard InChI is InChI=1S/C17H15ClN2/c1-2-11-20-16-10-6-5-9-15(16)19-17(20)12-13-7-3-4-8-14(13)18/h2-10H,1,11-12H2. The number of rotatable bonds is 4. The third-order valence-electron chi connectivity index (χ3n) is 3.35. The predicted molar refractivity (Wildman–Crippen MR) is 84.2 cm³/mol. The second kappa shape index (κ2) is 5.51. The second-order valence-corrected chi connectivity index (χ2v) is 5.09. The highest BCUT2D eigenvalue weighted by Gasteiger charge is 2.11. The fourth-order valence-corrected chi connectivity index (χ4v) is 2.61. The summed E-state index contributed by atoms with van der Waals surface area (Å²) in [5.41, 5.74) is 3.24. The van der Waals surface area contributed by atoms with Crippen molar-refractivity contribution < 1.29 is 0 Å². The maximum absolute atomic E-state index is 6.25. The Labute approximate surface area is 123 Å². The molecule has 0 spiro atoms. The lowest BCUT2D eigenvalue weighted by molar-refractivity contribution is 0.780. The predicted octanol–water partition coefficient (Wildman–Crippen LogP) is 4.47. The van der Waals surface area contributed by atoms with Gasteiger partial charge in [-0.1, -0.05) is 48.0 Å². The van der Waals surface area contributed by atoms with E-state index in [0.29, 0.717) is 0 Å². The largest absolute Gasteiger partial charge is 0.324 e. The van der Waals surface area contributed by atoms with Crippen molar-refractivity contribution in [3.8, 4) is 0 Å². The fourth-order valence-electron chi connectivity index (χ4n) is 2.41. The molecule has 1 heterocycles. The molecule has 0 bridgehead atoms. The molecule has 0 unspecified atom stereocenters. The molecular weight excluding hydrogens is 268 g/mol. The molecule has 3 rings (SSSR count). The lowest BCUT2D eigenvalue weighted by Crippen LogP contribution is -2.03. The molecule has 0 aliphatic heterocycles. The van der Waals surface area contributed by atoms with Crippen LogP contribution >= 0.6 is 11.6 Å². The van der Waals surface area contributed by atoms with Crippen molar-refractivity contribution in [1.82, 2.24) is 9.55 Å². The van der Waals surface area contributed by atoms with E-state index in [1.165, 1.54) is 0 Å². The molecule has 0 radical (unpaired) electrons. The van der Waals surface area contributed by atoms with Gasteiger partial charge in [-0.15, -0.1) is 6.58 Å². The van der Waals surface area contributed by atoms with Crippen LogP contribution in [0, 0.1) is 0 Å². The number of halogens is 1. The lowest BCUT2D eigenvalue weighted by Gasteiger charge is -2.07. The molecule has 0 N–H and O–H groups in total. The van der Waals surface area contributed by atoms with Crippen LogP contribution in [0.1, 0.15) is 11.4 Å². The van der Waals surface area contributed by atoms with Gasteiger partial charge in [-0.2, -0.15) is 0 Å². The maximum atomic E-state index is 6.25. The Hall–Kier alpha value is -2.06. The SMILES string of the molecule is C=CCn1c(Cc2ccccc2Cl)nc2ccccc21.